The van der Waals surface area contributed by atoms with Gasteiger partial charge in [0.2, 0.25) is 0 Å². The second kappa shape index (κ2) is 5.28. The van der Waals surface area contributed by atoms with E-state index in [0.717, 1.165) is 0 Å². The molecule has 0 aliphatic heterocycles. The Morgan fingerprint density at radius 3 is 2.56 bits per heavy atom. The van der Waals surface area contributed by atoms with Gasteiger partial charge in [-0.1, -0.05) is 5.16 Å². The molecule has 0 spiro atoms. The predicted molar refractivity (Wildman–Crippen MR) is 54.9 cm³/mol. The fourth-order valence-electron chi connectivity index (χ4n) is 1.55. The van der Waals surface area contributed by atoms with Crippen LogP contribution in [0.5, 0.6) is 0 Å². The van der Waals surface area contributed by atoms with Crippen LogP contribution in [-0.4, -0.2) is 24.0 Å². The van der Waals surface area contributed by atoms with Crippen molar-refractivity contribution in [2.45, 2.75) is 33.0 Å². The fraction of sp³-hybridized carbons (Fsp3) is 0.600. The number of halogens is 3. The van der Waals surface area contributed by atoms with Crippen LogP contribution in [0.2, 0.25) is 0 Å². The largest absolute Gasteiger partial charge is 0.440 e. The molecule has 0 saturated heterocycles. The molecule has 0 aromatic carbocycles. The molecule has 1 amide bonds. The number of carbonyl (C=O) groups is 1. The van der Waals surface area contributed by atoms with Crippen molar-refractivity contribution in [3.63, 3.8) is 0 Å². The Bertz CT molecular complexity index is 409. The first-order valence-electron chi connectivity index (χ1n) is 5.13. The van der Waals surface area contributed by atoms with Gasteiger partial charge in [-0.3, -0.25) is 0 Å². The molecule has 0 fully saturated rings. The number of nitrogens with one attached hydrogen (secondary N) is 1. The van der Waals surface area contributed by atoms with Crippen molar-refractivity contribution in [1.29, 1.82) is 0 Å². The standard InChI is InChI=1S/C10H13F3N2O3/c1-5(8-6(2)15-18-7(8)3)14-9(16)17-4-10(11,12)13/h5H,4H2,1-3H3,(H,14,16). The molecule has 5 nitrogen and oxygen atoms in total. The first-order chi connectivity index (χ1) is 8.20. The number of hydrogen-bond donors (Lipinski definition) is 1. The van der Waals surface area contributed by atoms with Crippen LogP contribution in [0, 0.1) is 13.8 Å². The number of amides is 1. The summed E-state index contributed by atoms with van der Waals surface area (Å²) >= 11 is 0. The normalized spacial score (nSPS) is 13.2. The molecule has 18 heavy (non-hydrogen) atoms. The van der Waals surface area contributed by atoms with E-state index in [-0.39, 0.29) is 0 Å². The Hall–Kier alpha value is -1.73. The lowest BCUT2D eigenvalue weighted by molar-refractivity contribution is -0.160. The Morgan fingerprint density at radius 2 is 2.11 bits per heavy atom. The summed E-state index contributed by atoms with van der Waals surface area (Å²) in [7, 11) is 0. The second-order valence-corrected chi connectivity index (χ2v) is 3.80. The third kappa shape index (κ3) is 3.94. The van der Waals surface area contributed by atoms with Crippen LogP contribution in [0.1, 0.15) is 30.0 Å². The van der Waals surface area contributed by atoms with Gasteiger partial charge in [-0.25, -0.2) is 4.79 Å². The van der Waals surface area contributed by atoms with Crippen LogP contribution in [0.25, 0.3) is 0 Å². The minimum atomic E-state index is -4.54. The second-order valence-electron chi connectivity index (χ2n) is 3.80. The number of alkyl halides is 3. The maximum absolute atomic E-state index is 11.8. The Kier molecular flexibility index (Phi) is 4.20. The maximum Gasteiger partial charge on any atom is 0.422 e. The SMILES string of the molecule is Cc1noc(C)c1C(C)NC(=O)OCC(F)(F)F. The van der Waals surface area contributed by atoms with Crippen molar-refractivity contribution in [3.05, 3.63) is 17.0 Å². The van der Waals surface area contributed by atoms with Crippen molar-refractivity contribution in [2.75, 3.05) is 6.61 Å². The van der Waals surface area contributed by atoms with Crippen LogP contribution >= 0.6 is 0 Å². The van der Waals surface area contributed by atoms with E-state index in [1.807, 2.05) is 0 Å². The predicted octanol–water partition coefficient (Wildman–Crippen LogP) is 2.64. The van der Waals surface area contributed by atoms with Gasteiger partial charge in [0.05, 0.1) is 11.7 Å². The van der Waals surface area contributed by atoms with Gasteiger partial charge < -0.3 is 14.6 Å². The quantitative estimate of drug-likeness (QED) is 0.913. The first-order valence-corrected chi connectivity index (χ1v) is 5.13. The molecule has 1 rings (SSSR count). The van der Waals surface area contributed by atoms with E-state index < -0.39 is 24.9 Å². The number of alkyl carbamates (subject to hydrolysis) is 1. The smallest absolute Gasteiger partial charge is 0.422 e. The summed E-state index contributed by atoms with van der Waals surface area (Å²) in [4.78, 5) is 11.1. The molecule has 0 bridgehead atoms. The molecule has 1 aromatic heterocycles. The third-order valence-corrected chi connectivity index (χ3v) is 2.22. The van der Waals surface area contributed by atoms with Gasteiger partial charge in [-0.2, -0.15) is 13.2 Å². The monoisotopic (exact) mass is 266 g/mol. The van der Waals surface area contributed by atoms with Crippen LogP contribution < -0.4 is 5.32 Å². The molecule has 1 aromatic rings. The van der Waals surface area contributed by atoms with Crippen LogP contribution in [0.3, 0.4) is 0 Å². The lowest BCUT2D eigenvalue weighted by atomic mass is 10.1. The first kappa shape index (κ1) is 14.3. The summed E-state index contributed by atoms with van der Waals surface area (Å²) in [6.45, 7) is 3.30. The summed E-state index contributed by atoms with van der Waals surface area (Å²) in [6, 6.07) is -0.544. The van der Waals surface area contributed by atoms with Gasteiger partial charge in [0.25, 0.3) is 0 Å². The van der Waals surface area contributed by atoms with Crippen molar-refractivity contribution in [3.8, 4) is 0 Å². The van der Waals surface area contributed by atoms with Gasteiger partial charge in [0, 0.05) is 5.56 Å². The highest BCUT2D eigenvalue weighted by Crippen LogP contribution is 2.21. The van der Waals surface area contributed by atoms with Crippen LogP contribution in [-0.2, 0) is 4.74 Å². The summed E-state index contributed by atoms with van der Waals surface area (Å²) in [5.74, 6) is 0.496. The van der Waals surface area contributed by atoms with Gasteiger partial charge in [0.15, 0.2) is 6.61 Å². The Labute approximate surface area is 101 Å². The highest BCUT2D eigenvalue weighted by atomic mass is 19.4. The molecular formula is C10H13F3N2O3. The van der Waals surface area contributed by atoms with Gasteiger partial charge in [0.1, 0.15) is 5.76 Å². The highest BCUT2D eigenvalue weighted by Gasteiger charge is 2.30. The van der Waals surface area contributed by atoms with Crippen LogP contribution in [0.15, 0.2) is 4.52 Å². The molecule has 1 atom stereocenters. The van der Waals surface area contributed by atoms with Crippen molar-refractivity contribution < 1.29 is 27.2 Å². The van der Waals surface area contributed by atoms with E-state index in [2.05, 4.69) is 15.2 Å². The van der Waals surface area contributed by atoms with E-state index in [1.54, 1.807) is 20.8 Å². The fourth-order valence-corrected chi connectivity index (χ4v) is 1.55. The summed E-state index contributed by atoms with van der Waals surface area (Å²) in [6.07, 6.45) is -5.68. The zero-order valence-electron chi connectivity index (χ0n) is 10.1. The number of aryl methyl sites for hydroxylation is 2. The lowest BCUT2D eigenvalue weighted by Gasteiger charge is -2.14. The molecule has 1 heterocycles. The maximum atomic E-state index is 11.8. The number of hydrogen-bond acceptors (Lipinski definition) is 4. The number of rotatable bonds is 3. The van der Waals surface area contributed by atoms with E-state index in [9.17, 15) is 18.0 Å². The average molecular weight is 266 g/mol. The number of nitrogens with zero attached hydrogens (tertiary/aromatic N) is 1. The highest BCUT2D eigenvalue weighted by molar-refractivity contribution is 5.68. The molecule has 0 aliphatic carbocycles. The van der Waals surface area contributed by atoms with Crippen molar-refractivity contribution in [2.24, 2.45) is 0 Å². The van der Waals surface area contributed by atoms with E-state index in [1.165, 1.54) is 0 Å². The van der Waals surface area contributed by atoms with E-state index in [0.29, 0.717) is 17.0 Å². The van der Waals surface area contributed by atoms with Gasteiger partial charge in [-0.05, 0) is 20.8 Å². The summed E-state index contributed by atoms with van der Waals surface area (Å²) in [5, 5.41) is 5.96. The topological polar surface area (TPSA) is 64.4 Å². The summed E-state index contributed by atoms with van der Waals surface area (Å²) < 4.78 is 44.4. The number of aromatic nitrogens is 1. The van der Waals surface area contributed by atoms with Gasteiger partial charge >= 0.3 is 12.3 Å². The minimum absolute atomic E-state index is 0.496. The Balaban J connectivity index is 2.55. The minimum Gasteiger partial charge on any atom is -0.440 e. The number of carbonyl (C=O) groups excluding carboxylic acids is 1. The molecule has 8 heteroatoms. The molecular weight excluding hydrogens is 253 g/mol. The van der Waals surface area contributed by atoms with Crippen LogP contribution in [0.4, 0.5) is 18.0 Å². The lowest BCUT2D eigenvalue weighted by Crippen LogP contribution is -2.31. The molecule has 0 aliphatic rings. The molecule has 0 saturated carbocycles. The average Bonchev–Trinajstić information content (AvgIpc) is 2.54. The van der Waals surface area contributed by atoms with E-state index in [4.69, 9.17) is 4.52 Å². The van der Waals surface area contributed by atoms with Crippen molar-refractivity contribution in [1.82, 2.24) is 10.5 Å². The Morgan fingerprint density at radius 1 is 1.50 bits per heavy atom. The third-order valence-electron chi connectivity index (χ3n) is 2.22. The zero-order valence-corrected chi connectivity index (χ0v) is 10.1. The summed E-state index contributed by atoms with van der Waals surface area (Å²) in [5.41, 5.74) is 1.19. The molecule has 0 radical (unpaired) electrons. The van der Waals surface area contributed by atoms with Gasteiger partial charge in [-0.15, -0.1) is 0 Å². The molecule has 1 unspecified atom stereocenters. The van der Waals surface area contributed by atoms with E-state index >= 15 is 0 Å². The zero-order chi connectivity index (χ0) is 13.9. The molecule has 102 valence electrons. The number of ether oxygens (including phenoxy) is 1. The van der Waals surface area contributed by atoms with Crippen molar-refractivity contribution >= 4 is 6.09 Å². The molecule has 1 N–H and O–H groups in total.